The van der Waals surface area contributed by atoms with Crippen LogP contribution in [-0.4, -0.2) is 29.9 Å². The number of urea groups is 1. The molecule has 0 unspecified atom stereocenters. The lowest BCUT2D eigenvalue weighted by Gasteiger charge is -2.29. The van der Waals surface area contributed by atoms with Crippen LogP contribution in [-0.2, 0) is 11.3 Å². The second kappa shape index (κ2) is 10.6. The Hall–Kier alpha value is -3.35. The summed E-state index contributed by atoms with van der Waals surface area (Å²) < 4.78 is 0. The van der Waals surface area contributed by atoms with Gasteiger partial charge in [0.05, 0.1) is 0 Å². The molecule has 0 saturated heterocycles. The molecule has 0 heterocycles. The highest BCUT2D eigenvalue weighted by atomic mass is 16.2. The zero-order chi connectivity index (χ0) is 22.1. The number of anilines is 1. The molecule has 4 N–H and O–H groups in total. The fraction of sp³-hybridized carbons (Fsp3) is 0.375. The Morgan fingerprint density at radius 3 is 2.39 bits per heavy atom. The smallest absolute Gasteiger partial charge is 0.315 e. The van der Waals surface area contributed by atoms with E-state index in [0.717, 1.165) is 24.8 Å². The van der Waals surface area contributed by atoms with E-state index in [-0.39, 0.29) is 17.8 Å². The third-order valence-corrected chi connectivity index (χ3v) is 5.46. The van der Waals surface area contributed by atoms with Crippen molar-refractivity contribution in [1.82, 2.24) is 16.0 Å². The molecule has 2 aromatic rings. The number of benzene rings is 2. The summed E-state index contributed by atoms with van der Waals surface area (Å²) in [5.41, 5.74) is 1.05. The molecule has 7 nitrogen and oxygen atoms in total. The molecule has 0 aromatic heterocycles. The minimum Gasteiger partial charge on any atom is -0.352 e. The highest BCUT2D eigenvalue weighted by Crippen LogP contribution is 2.31. The maximum absolute atomic E-state index is 13.1. The van der Waals surface area contributed by atoms with Gasteiger partial charge >= 0.3 is 6.03 Å². The SMILES string of the molecule is CCCNC(=O)c1cccc(NC(=O)C2(NC(=O)NCc3ccccc3)CCCC2)c1. The lowest BCUT2D eigenvalue weighted by atomic mass is 9.96. The number of hydrogen-bond acceptors (Lipinski definition) is 3. The average molecular weight is 423 g/mol. The van der Waals surface area contributed by atoms with Crippen LogP contribution < -0.4 is 21.3 Å². The first kappa shape index (κ1) is 22.3. The van der Waals surface area contributed by atoms with Crippen molar-refractivity contribution in [2.45, 2.75) is 51.1 Å². The average Bonchev–Trinajstić information content (AvgIpc) is 3.26. The highest BCUT2D eigenvalue weighted by molar-refractivity contribution is 6.02. The molecule has 7 heteroatoms. The van der Waals surface area contributed by atoms with Gasteiger partial charge in [-0.25, -0.2) is 4.79 Å². The van der Waals surface area contributed by atoms with E-state index in [1.54, 1.807) is 24.3 Å². The van der Waals surface area contributed by atoms with Gasteiger partial charge < -0.3 is 21.3 Å². The van der Waals surface area contributed by atoms with Crippen LogP contribution in [0.2, 0.25) is 0 Å². The fourth-order valence-electron chi connectivity index (χ4n) is 3.76. The third-order valence-electron chi connectivity index (χ3n) is 5.46. The Bertz CT molecular complexity index is 908. The van der Waals surface area contributed by atoms with E-state index < -0.39 is 5.54 Å². The van der Waals surface area contributed by atoms with Gasteiger partial charge in [0.1, 0.15) is 5.54 Å². The van der Waals surface area contributed by atoms with Crippen LogP contribution in [0.25, 0.3) is 0 Å². The van der Waals surface area contributed by atoms with Crippen molar-refractivity contribution in [3.8, 4) is 0 Å². The summed E-state index contributed by atoms with van der Waals surface area (Å²) >= 11 is 0. The van der Waals surface area contributed by atoms with Crippen molar-refractivity contribution in [3.63, 3.8) is 0 Å². The molecule has 0 atom stereocenters. The third kappa shape index (κ3) is 6.07. The number of carbonyl (C=O) groups excluding carboxylic acids is 3. The van der Waals surface area contributed by atoms with Gasteiger partial charge in [-0.15, -0.1) is 0 Å². The summed E-state index contributed by atoms with van der Waals surface area (Å²) in [6, 6.07) is 16.1. The summed E-state index contributed by atoms with van der Waals surface area (Å²) in [5, 5.41) is 11.5. The van der Waals surface area contributed by atoms with Gasteiger partial charge in [0, 0.05) is 24.3 Å². The summed E-state index contributed by atoms with van der Waals surface area (Å²) in [7, 11) is 0. The second-order valence-corrected chi connectivity index (χ2v) is 7.87. The van der Waals surface area contributed by atoms with Crippen LogP contribution in [0.15, 0.2) is 54.6 Å². The zero-order valence-electron chi connectivity index (χ0n) is 17.9. The van der Waals surface area contributed by atoms with E-state index in [1.807, 2.05) is 37.3 Å². The fourth-order valence-corrected chi connectivity index (χ4v) is 3.76. The molecule has 0 bridgehead atoms. The van der Waals surface area contributed by atoms with Crippen molar-refractivity contribution in [3.05, 3.63) is 65.7 Å². The zero-order valence-corrected chi connectivity index (χ0v) is 17.9. The molecule has 31 heavy (non-hydrogen) atoms. The van der Waals surface area contributed by atoms with Crippen molar-refractivity contribution in [2.75, 3.05) is 11.9 Å². The highest BCUT2D eigenvalue weighted by Gasteiger charge is 2.42. The van der Waals surface area contributed by atoms with Gasteiger partial charge in [-0.1, -0.05) is 56.2 Å². The molecular formula is C24H30N4O3. The molecule has 1 fully saturated rings. The van der Waals surface area contributed by atoms with Crippen LogP contribution in [0.3, 0.4) is 0 Å². The van der Waals surface area contributed by atoms with Crippen molar-refractivity contribution >= 4 is 23.5 Å². The van der Waals surface area contributed by atoms with E-state index in [4.69, 9.17) is 0 Å². The number of hydrogen-bond donors (Lipinski definition) is 4. The van der Waals surface area contributed by atoms with E-state index in [9.17, 15) is 14.4 Å². The van der Waals surface area contributed by atoms with Crippen molar-refractivity contribution in [1.29, 1.82) is 0 Å². The van der Waals surface area contributed by atoms with Gasteiger partial charge in [-0.3, -0.25) is 9.59 Å². The molecule has 164 valence electrons. The molecular weight excluding hydrogens is 392 g/mol. The number of amides is 4. The number of nitrogens with one attached hydrogen (secondary N) is 4. The van der Waals surface area contributed by atoms with E-state index in [1.165, 1.54) is 0 Å². The Morgan fingerprint density at radius 2 is 1.68 bits per heavy atom. The molecule has 4 amide bonds. The molecule has 0 aliphatic heterocycles. The van der Waals surface area contributed by atoms with Gasteiger partial charge in [-0.05, 0) is 43.0 Å². The van der Waals surface area contributed by atoms with Crippen LogP contribution in [0.4, 0.5) is 10.5 Å². The maximum Gasteiger partial charge on any atom is 0.315 e. The van der Waals surface area contributed by atoms with Crippen molar-refractivity contribution < 1.29 is 14.4 Å². The predicted octanol–water partition coefficient (Wildman–Crippen LogP) is 3.58. The minimum atomic E-state index is -0.957. The Balaban J connectivity index is 1.63. The summed E-state index contributed by atoms with van der Waals surface area (Å²) in [6.07, 6.45) is 3.74. The number of carbonyl (C=O) groups is 3. The predicted molar refractivity (Wildman–Crippen MR) is 121 cm³/mol. The Morgan fingerprint density at radius 1 is 0.935 bits per heavy atom. The van der Waals surface area contributed by atoms with E-state index in [2.05, 4.69) is 21.3 Å². The van der Waals surface area contributed by atoms with Crippen LogP contribution in [0, 0.1) is 0 Å². The lowest BCUT2D eigenvalue weighted by molar-refractivity contribution is -0.121. The molecule has 3 rings (SSSR count). The Kier molecular flexibility index (Phi) is 7.65. The normalized spacial score (nSPS) is 14.5. The first-order valence-electron chi connectivity index (χ1n) is 10.8. The summed E-state index contributed by atoms with van der Waals surface area (Å²) in [4.78, 5) is 37.9. The van der Waals surface area contributed by atoms with Gasteiger partial charge in [0.25, 0.3) is 5.91 Å². The van der Waals surface area contributed by atoms with Crippen molar-refractivity contribution in [2.24, 2.45) is 0 Å². The minimum absolute atomic E-state index is 0.174. The van der Waals surface area contributed by atoms with Crippen LogP contribution >= 0.6 is 0 Å². The first-order chi connectivity index (χ1) is 15.0. The second-order valence-electron chi connectivity index (χ2n) is 7.87. The van der Waals surface area contributed by atoms with E-state index >= 15 is 0 Å². The molecule has 0 radical (unpaired) electrons. The summed E-state index contributed by atoms with van der Waals surface area (Å²) in [6.45, 7) is 2.97. The molecule has 1 saturated carbocycles. The van der Waals surface area contributed by atoms with Gasteiger partial charge in [0.15, 0.2) is 0 Å². The first-order valence-corrected chi connectivity index (χ1v) is 10.8. The quantitative estimate of drug-likeness (QED) is 0.523. The largest absolute Gasteiger partial charge is 0.352 e. The summed E-state index contributed by atoms with van der Waals surface area (Å²) in [5.74, 6) is -0.432. The molecule has 2 aromatic carbocycles. The number of rotatable bonds is 8. The van der Waals surface area contributed by atoms with E-state index in [0.29, 0.717) is 37.2 Å². The topological polar surface area (TPSA) is 99.3 Å². The van der Waals surface area contributed by atoms with Gasteiger partial charge in [-0.2, -0.15) is 0 Å². The molecule has 1 aliphatic rings. The molecule has 0 spiro atoms. The maximum atomic E-state index is 13.1. The molecule has 1 aliphatic carbocycles. The monoisotopic (exact) mass is 422 g/mol. The standard InChI is InChI=1S/C24H30N4O3/c1-2-15-25-21(29)19-11-8-12-20(16-19)27-22(30)24(13-6-7-14-24)28-23(31)26-17-18-9-4-3-5-10-18/h3-5,8-12,16H,2,6-7,13-15,17H2,1H3,(H,25,29)(H,27,30)(H2,26,28,31). The lowest BCUT2D eigenvalue weighted by Crippen LogP contribution is -2.57. The Labute approximate surface area is 183 Å². The van der Waals surface area contributed by atoms with Crippen LogP contribution in [0.5, 0.6) is 0 Å². The van der Waals surface area contributed by atoms with Gasteiger partial charge in [0.2, 0.25) is 5.91 Å². The van der Waals surface area contributed by atoms with Crippen LogP contribution in [0.1, 0.15) is 54.9 Å².